The van der Waals surface area contributed by atoms with Gasteiger partial charge in [-0.3, -0.25) is 14.9 Å². The van der Waals surface area contributed by atoms with E-state index >= 15 is 0 Å². The molecule has 1 fully saturated rings. The number of benzene rings is 1. The van der Waals surface area contributed by atoms with Crippen LogP contribution in [0.3, 0.4) is 0 Å². The van der Waals surface area contributed by atoms with Crippen molar-refractivity contribution >= 4 is 21.6 Å². The molecule has 0 spiro atoms. The summed E-state index contributed by atoms with van der Waals surface area (Å²) < 4.78 is 27.2. The summed E-state index contributed by atoms with van der Waals surface area (Å²) >= 11 is 0. The average molecular weight is 355 g/mol. The molecule has 1 aliphatic rings. The van der Waals surface area contributed by atoms with E-state index in [1.807, 2.05) is 13.8 Å². The van der Waals surface area contributed by atoms with Crippen LogP contribution in [0.2, 0.25) is 0 Å². The second-order valence-electron chi connectivity index (χ2n) is 6.19. The minimum absolute atomic E-state index is 0.105. The Labute approximate surface area is 141 Å². The van der Waals surface area contributed by atoms with E-state index in [0.29, 0.717) is 12.1 Å². The zero-order chi connectivity index (χ0) is 18.2. The first-order valence-corrected chi connectivity index (χ1v) is 9.05. The Bertz CT molecular complexity index is 775. The van der Waals surface area contributed by atoms with Gasteiger partial charge in [-0.05, 0) is 18.9 Å². The minimum Gasteiger partial charge on any atom is -0.325 e. The number of nitro groups is 1. The molecule has 0 bridgehead atoms. The van der Waals surface area contributed by atoms with Crippen molar-refractivity contribution in [1.82, 2.24) is 9.21 Å². The quantitative estimate of drug-likeness (QED) is 0.605. The molecule has 0 aromatic heterocycles. The van der Waals surface area contributed by atoms with Crippen LogP contribution in [0.4, 0.5) is 5.69 Å². The molecule has 0 radical (unpaired) electrons. The Morgan fingerprint density at radius 3 is 2.46 bits per heavy atom. The first-order valence-electron chi connectivity index (χ1n) is 7.61. The second kappa shape index (κ2) is 6.48. The monoisotopic (exact) mass is 355 g/mol. The summed E-state index contributed by atoms with van der Waals surface area (Å²) in [4.78, 5) is 23.6. The molecule has 9 heteroatoms. The van der Waals surface area contributed by atoms with Crippen molar-refractivity contribution in [3.63, 3.8) is 0 Å². The number of nitrogens with zero attached hydrogens (tertiary/aromatic N) is 3. The van der Waals surface area contributed by atoms with Crippen molar-refractivity contribution in [1.29, 1.82) is 0 Å². The molecule has 0 unspecified atom stereocenters. The normalized spacial score (nSPS) is 19.0. The van der Waals surface area contributed by atoms with Crippen LogP contribution in [0.5, 0.6) is 0 Å². The molecule has 24 heavy (non-hydrogen) atoms. The predicted molar refractivity (Wildman–Crippen MR) is 87.7 cm³/mol. The van der Waals surface area contributed by atoms with E-state index in [0.717, 1.165) is 6.07 Å². The standard InChI is InChI=1S/C15H21N3O5S/c1-10(2)15-16(12(4)19)7-8-17(15)24(22,23)13-6-5-11(3)14(9-13)18(20)21/h5-6,9-10,15H,7-8H2,1-4H3/t15-/m0/s1. The van der Waals surface area contributed by atoms with Gasteiger partial charge in [-0.1, -0.05) is 19.9 Å². The van der Waals surface area contributed by atoms with E-state index in [4.69, 9.17) is 0 Å². The van der Waals surface area contributed by atoms with Crippen molar-refractivity contribution in [2.75, 3.05) is 13.1 Å². The Kier molecular flexibility index (Phi) is 4.95. The first kappa shape index (κ1) is 18.3. The molecule has 1 amide bonds. The SMILES string of the molecule is CC(=O)N1CCN(S(=O)(=O)c2ccc(C)c([N+](=O)[O-])c2)[C@H]1C(C)C. The highest BCUT2D eigenvalue weighted by Crippen LogP contribution is 2.30. The molecule has 0 aliphatic carbocycles. The fourth-order valence-corrected chi connectivity index (χ4v) is 4.74. The van der Waals surface area contributed by atoms with Gasteiger partial charge in [0.1, 0.15) is 6.17 Å². The second-order valence-corrected chi connectivity index (χ2v) is 8.08. The summed E-state index contributed by atoms with van der Waals surface area (Å²) in [5, 5.41) is 11.1. The first-order chi connectivity index (χ1) is 11.1. The molecule has 1 aromatic carbocycles. The largest absolute Gasteiger partial charge is 0.325 e. The Morgan fingerprint density at radius 1 is 1.33 bits per heavy atom. The lowest BCUT2D eigenvalue weighted by Gasteiger charge is -2.32. The number of nitro benzene ring substituents is 1. The molecule has 1 aliphatic heterocycles. The van der Waals surface area contributed by atoms with Gasteiger partial charge in [0.25, 0.3) is 5.69 Å². The van der Waals surface area contributed by atoms with Crippen molar-refractivity contribution in [2.45, 2.75) is 38.8 Å². The lowest BCUT2D eigenvalue weighted by molar-refractivity contribution is -0.385. The van der Waals surface area contributed by atoms with Gasteiger partial charge in [-0.15, -0.1) is 0 Å². The number of hydrogen-bond acceptors (Lipinski definition) is 5. The fraction of sp³-hybridized carbons (Fsp3) is 0.533. The maximum absolute atomic E-state index is 13.0. The minimum atomic E-state index is -3.94. The van der Waals surface area contributed by atoms with E-state index in [2.05, 4.69) is 0 Å². The predicted octanol–water partition coefficient (Wildman–Crippen LogP) is 1.74. The maximum Gasteiger partial charge on any atom is 0.273 e. The van der Waals surface area contributed by atoms with Crippen molar-refractivity contribution in [3.8, 4) is 0 Å². The van der Waals surface area contributed by atoms with E-state index < -0.39 is 21.1 Å². The molecular weight excluding hydrogens is 334 g/mol. The third-order valence-electron chi connectivity index (χ3n) is 4.16. The smallest absolute Gasteiger partial charge is 0.273 e. The van der Waals surface area contributed by atoms with Crippen LogP contribution < -0.4 is 0 Å². The number of sulfonamides is 1. The van der Waals surface area contributed by atoms with Crippen molar-refractivity contribution in [3.05, 3.63) is 33.9 Å². The molecule has 1 atom stereocenters. The number of amides is 1. The Morgan fingerprint density at radius 2 is 1.96 bits per heavy atom. The highest BCUT2D eigenvalue weighted by atomic mass is 32.2. The van der Waals surface area contributed by atoms with E-state index in [-0.39, 0.29) is 29.0 Å². The van der Waals surface area contributed by atoms with Gasteiger partial charge in [0.05, 0.1) is 9.82 Å². The van der Waals surface area contributed by atoms with Gasteiger partial charge in [0.15, 0.2) is 0 Å². The van der Waals surface area contributed by atoms with E-state index in [1.54, 1.807) is 6.92 Å². The summed E-state index contributed by atoms with van der Waals surface area (Å²) in [6.45, 7) is 7.12. The van der Waals surface area contributed by atoms with Crippen LogP contribution in [0.1, 0.15) is 26.3 Å². The maximum atomic E-state index is 13.0. The summed E-state index contributed by atoms with van der Waals surface area (Å²) in [7, 11) is -3.94. The molecule has 1 heterocycles. The average Bonchev–Trinajstić information content (AvgIpc) is 2.93. The number of carbonyl (C=O) groups is 1. The molecule has 2 rings (SSSR count). The summed E-state index contributed by atoms with van der Waals surface area (Å²) in [5.41, 5.74) is 0.158. The summed E-state index contributed by atoms with van der Waals surface area (Å²) in [5.74, 6) is -0.298. The van der Waals surface area contributed by atoms with Crippen LogP contribution in [0.25, 0.3) is 0 Å². The number of aryl methyl sites for hydroxylation is 1. The van der Waals surface area contributed by atoms with Crippen LogP contribution in [0, 0.1) is 23.0 Å². The van der Waals surface area contributed by atoms with Crippen LogP contribution in [0.15, 0.2) is 23.1 Å². The third kappa shape index (κ3) is 3.13. The van der Waals surface area contributed by atoms with E-state index in [1.165, 1.54) is 28.3 Å². The number of rotatable bonds is 4. The van der Waals surface area contributed by atoms with E-state index in [9.17, 15) is 23.3 Å². The van der Waals surface area contributed by atoms with Gasteiger partial charge in [0.2, 0.25) is 15.9 Å². The molecule has 1 aromatic rings. The molecular formula is C15H21N3O5S. The molecule has 1 saturated heterocycles. The van der Waals surface area contributed by atoms with Crippen LogP contribution in [-0.4, -0.2) is 47.7 Å². The lowest BCUT2D eigenvalue weighted by atomic mass is 10.1. The Balaban J connectivity index is 2.49. The Hall–Kier alpha value is -2.00. The van der Waals surface area contributed by atoms with Crippen molar-refractivity contribution < 1.29 is 18.1 Å². The molecule has 132 valence electrons. The summed E-state index contributed by atoms with van der Waals surface area (Å²) in [6.07, 6.45) is -0.590. The number of carbonyl (C=O) groups excluding carboxylic acids is 1. The molecule has 0 N–H and O–H groups in total. The van der Waals surface area contributed by atoms with Gasteiger partial charge < -0.3 is 4.90 Å². The van der Waals surface area contributed by atoms with Gasteiger partial charge in [-0.25, -0.2) is 8.42 Å². The topological polar surface area (TPSA) is 101 Å². The highest BCUT2D eigenvalue weighted by molar-refractivity contribution is 7.89. The van der Waals surface area contributed by atoms with Gasteiger partial charge in [0, 0.05) is 31.6 Å². The zero-order valence-corrected chi connectivity index (χ0v) is 14.9. The van der Waals surface area contributed by atoms with Gasteiger partial charge >= 0.3 is 0 Å². The summed E-state index contributed by atoms with van der Waals surface area (Å²) in [6, 6.07) is 3.87. The number of hydrogen-bond donors (Lipinski definition) is 0. The third-order valence-corrected chi connectivity index (χ3v) is 6.03. The fourth-order valence-electron chi connectivity index (χ4n) is 3.01. The van der Waals surface area contributed by atoms with Crippen LogP contribution >= 0.6 is 0 Å². The highest BCUT2D eigenvalue weighted by Gasteiger charge is 2.43. The van der Waals surface area contributed by atoms with Crippen LogP contribution in [-0.2, 0) is 14.8 Å². The molecule has 8 nitrogen and oxygen atoms in total. The van der Waals surface area contributed by atoms with Crippen molar-refractivity contribution in [2.24, 2.45) is 5.92 Å². The molecule has 0 saturated carbocycles. The lowest BCUT2D eigenvalue weighted by Crippen LogP contribution is -2.47. The van der Waals surface area contributed by atoms with Gasteiger partial charge in [-0.2, -0.15) is 4.31 Å². The zero-order valence-electron chi connectivity index (χ0n) is 14.1.